The van der Waals surface area contributed by atoms with Gasteiger partial charge >= 0.3 is 0 Å². The predicted molar refractivity (Wildman–Crippen MR) is 67.5 cm³/mol. The minimum Gasteiger partial charge on any atom is -0.375 e. The Morgan fingerprint density at radius 1 is 1.38 bits per heavy atom. The lowest BCUT2D eigenvalue weighted by Gasteiger charge is -2.28. The van der Waals surface area contributed by atoms with Crippen LogP contribution in [0.15, 0.2) is 24.5 Å². The van der Waals surface area contributed by atoms with E-state index in [1.807, 2.05) is 24.5 Å². The Kier molecular flexibility index (Phi) is 6.93. The van der Waals surface area contributed by atoms with Crippen LogP contribution in [-0.4, -0.2) is 30.8 Å². The maximum Gasteiger partial charge on any atom is 0.0725 e. The Labute approximate surface area is 98.6 Å². The van der Waals surface area contributed by atoms with Crippen molar-refractivity contribution in [2.24, 2.45) is 5.92 Å². The van der Waals surface area contributed by atoms with Crippen molar-refractivity contribution in [2.45, 2.75) is 32.8 Å². The molecule has 2 unspecified atom stereocenters. The molecule has 2 atom stereocenters. The van der Waals surface area contributed by atoms with Crippen LogP contribution < -0.4 is 5.32 Å². The molecule has 1 aliphatic rings. The highest BCUT2D eigenvalue weighted by Gasteiger charge is 2.19. The van der Waals surface area contributed by atoms with Gasteiger partial charge in [-0.15, -0.1) is 0 Å². The predicted octanol–water partition coefficient (Wildman–Crippen LogP) is 2.43. The number of hydrogen-bond donors (Lipinski definition) is 2. The molecule has 0 aliphatic carbocycles. The zero-order valence-corrected chi connectivity index (χ0v) is 10.4. The SMILES string of the molecule is CCCC(C)C1CNCCO1.c1cc[nH]c1. The monoisotopic (exact) mass is 224 g/mol. The smallest absolute Gasteiger partial charge is 0.0725 e. The molecule has 3 heteroatoms. The summed E-state index contributed by atoms with van der Waals surface area (Å²) in [4.78, 5) is 2.86. The van der Waals surface area contributed by atoms with Crippen molar-refractivity contribution in [3.8, 4) is 0 Å². The normalized spacial score (nSPS) is 22.0. The highest BCUT2D eigenvalue weighted by molar-refractivity contribution is 4.84. The molecule has 1 aromatic heterocycles. The van der Waals surface area contributed by atoms with E-state index in [4.69, 9.17) is 4.74 Å². The van der Waals surface area contributed by atoms with Crippen LogP contribution in [0.2, 0.25) is 0 Å². The number of nitrogens with one attached hydrogen (secondary N) is 2. The van der Waals surface area contributed by atoms with Crippen LogP contribution in [-0.2, 0) is 4.74 Å². The fraction of sp³-hybridized carbons (Fsp3) is 0.692. The second-order valence-corrected chi connectivity index (χ2v) is 4.26. The van der Waals surface area contributed by atoms with Crippen LogP contribution in [0.3, 0.4) is 0 Å². The largest absolute Gasteiger partial charge is 0.375 e. The Bertz CT molecular complexity index is 213. The van der Waals surface area contributed by atoms with Crippen LogP contribution in [0.5, 0.6) is 0 Å². The summed E-state index contributed by atoms with van der Waals surface area (Å²) in [7, 11) is 0. The van der Waals surface area contributed by atoms with Crippen LogP contribution in [0.25, 0.3) is 0 Å². The van der Waals surface area contributed by atoms with Gasteiger partial charge in [0, 0.05) is 25.5 Å². The number of H-pyrrole nitrogens is 1. The zero-order chi connectivity index (χ0) is 11.6. The highest BCUT2D eigenvalue weighted by atomic mass is 16.5. The van der Waals surface area contributed by atoms with Gasteiger partial charge in [0.25, 0.3) is 0 Å². The van der Waals surface area contributed by atoms with Gasteiger partial charge in [-0.3, -0.25) is 0 Å². The molecule has 1 aliphatic heterocycles. The minimum absolute atomic E-state index is 0.462. The average Bonchev–Trinajstić information content (AvgIpc) is 2.89. The molecule has 92 valence electrons. The summed E-state index contributed by atoms with van der Waals surface area (Å²) in [5.41, 5.74) is 0. The fourth-order valence-corrected chi connectivity index (χ4v) is 1.87. The van der Waals surface area contributed by atoms with E-state index in [1.54, 1.807) is 0 Å². The van der Waals surface area contributed by atoms with E-state index in [1.165, 1.54) is 12.8 Å². The average molecular weight is 224 g/mol. The number of ether oxygens (including phenoxy) is 1. The summed E-state index contributed by atoms with van der Waals surface area (Å²) in [5.74, 6) is 0.716. The van der Waals surface area contributed by atoms with Crippen molar-refractivity contribution < 1.29 is 4.74 Å². The lowest BCUT2D eigenvalue weighted by molar-refractivity contribution is -0.00648. The van der Waals surface area contributed by atoms with Crippen LogP contribution in [0.4, 0.5) is 0 Å². The first kappa shape index (κ1) is 13.3. The van der Waals surface area contributed by atoms with E-state index in [-0.39, 0.29) is 0 Å². The molecule has 1 aromatic rings. The molecule has 2 rings (SSSR count). The van der Waals surface area contributed by atoms with Crippen molar-refractivity contribution in [3.63, 3.8) is 0 Å². The van der Waals surface area contributed by atoms with E-state index in [0.717, 1.165) is 19.7 Å². The molecule has 0 bridgehead atoms. The molecule has 0 amide bonds. The first-order valence-corrected chi connectivity index (χ1v) is 6.24. The summed E-state index contributed by atoms with van der Waals surface area (Å²) in [6.45, 7) is 7.46. The van der Waals surface area contributed by atoms with Gasteiger partial charge < -0.3 is 15.0 Å². The Morgan fingerprint density at radius 2 is 2.12 bits per heavy atom. The Balaban J connectivity index is 0.000000212. The van der Waals surface area contributed by atoms with E-state index in [2.05, 4.69) is 24.1 Å². The minimum atomic E-state index is 0.462. The molecule has 0 spiro atoms. The zero-order valence-electron chi connectivity index (χ0n) is 10.4. The lowest BCUT2D eigenvalue weighted by atomic mass is 9.99. The maximum atomic E-state index is 5.63. The lowest BCUT2D eigenvalue weighted by Crippen LogP contribution is -2.41. The molecule has 1 fully saturated rings. The second kappa shape index (κ2) is 8.36. The maximum absolute atomic E-state index is 5.63. The molecule has 1 saturated heterocycles. The molecular weight excluding hydrogens is 200 g/mol. The fourth-order valence-electron chi connectivity index (χ4n) is 1.87. The molecule has 2 heterocycles. The third-order valence-electron chi connectivity index (χ3n) is 2.83. The van der Waals surface area contributed by atoms with Crippen molar-refractivity contribution in [3.05, 3.63) is 24.5 Å². The Morgan fingerprint density at radius 3 is 2.56 bits per heavy atom. The standard InChI is InChI=1S/C9H19NO.C4H5N/c1-3-4-8(2)9-7-10-5-6-11-9;1-2-4-5-3-1/h8-10H,3-7H2,1-2H3;1-5H. The van der Waals surface area contributed by atoms with E-state index >= 15 is 0 Å². The number of aromatic nitrogens is 1. The summed E-state index contributed by atoms with van der Waals surface area (Å²) in [6, 6.07) is 3.89. The summed E-state index contributed by atoms with van der Waals surface area (Å²) >= 11 is 0. The number of morpholine rings is 1. The van der Waals surface area contributed by atoms with Crippen molar-refractivity contribution in [1.29, 1.82) is 0 Å². The Hall–Kier alpha value is -0.800. The van der Waals surface area contributed by atoms with Crippen molar-refractivity contribution in [1.82, 2.24) is 10.3 Å². The topological polar surface area (TPSA) is 37.0 Å². The van der Waals surface area contributed by atoms with E-state index in [9.17, 15) is 0 Å². The van der Waals surface area contributed by atoms with Crippen LogP contribution in [0.1, 0.15) is 26.7 Å². The van der Waals surface area contributed by atoms with Crippen molar-refractivity contribution in [2.75, 3.05) is 19.7 Å². The molecule has 2 N–H and O–H groups in total. The number of aromatic amines is 1. The summed E-state index contributed by atoms with van der Waals surface area (Å²) in [6.07, 6.45) is 6.76. The van der Waals surface area contributed by atoms with Gasteiger partial charge in [-0.2, -0.15) is 0 Å². The molecule has 16 heavy (non-hydrogen) atoms. The van der Waals surface area contributed by atoms with Gasteiger partial charge in [0.2, 0.25) is 0 Å². The van der Waals surface area contributed by atoms with Crippen LogP contribution >= 0.6 is 0 Å². The molecule has 0 saturated carbocycles. The van der Waals surface area contributed by atoms with E-state index in [0.29, 0.717) is 12.0 Å². The van der Waals surface area contributed by atoms with Gasteiger partial charge in [-0.25, -0.2) is 0 Å². The molecule has 3 nitrogen and oxygen atoms in total. The van der Waals surface area contributed by atoms with Crippen LogP contribution in [0, 0.1) is 5.92 Å². The van der Waals surface area contributed by atoms with Crippen molar-refractivity contribution >= 4 is 0 Å². The summed E-state index contributed by atoms with van der Waals surface area (Å²) in [5, 5.41) is 3.35. The number of hydrogen-bond acceptors (Lipinski definition) is 2. The first-order chi connectivity index (χ1) is 7.84. The first-order valence-electron chi connectivity index (χ1n) is 6.24. The second-order valence-electron chi connectivity index (χ2n) is 4.26. The van der Waals surface area contributed by atoms with Gasteiger partial charge in [0.05, 0.1) is 12.7 Å². The molecule has 0 radical (unpaired) electrons. The quantitative estimate of drug-likeness (QED) is 0.827. The third-order valence-corrected chi connectivity index (χ3v) is 2.83. The van der Waals surface area contributed by atoms with Gasteiger partial charge in [0.15, 0.2) is 0 Å². The summed E-state index contributed by atoms with van der Waals surface area (Å²) < 4.78 is 5.63. The molecular formula is C13H24N2O. The third kappa shape index (κ3) is 5.33. The van der Waals surface area contributed by atoms with Gasteiger partial charge in [-0.05, 0) is 24.5 Å². The molecule has 0 aromatic carbocycles. The van der Waals surface area contributed by atoms with E-state index < -0.39 is 0 Å². The number of rotatable bonds is 3. The van der Waals surface area contributed by atoms with Gasteiger partial charge in [0.1, 0.15) is 0 Å². The highest BCUT2D eigenvalue weighted by Crippen LogP contribution is 2.14. The van der Waals surface area contributed by atoms with Gasteiger partial charge in [-0.1, -0.05) is 20.3 Å².